The monoisotopic (exact) mass is 329 g/mol. The Balaban J connectivity index is 1.48. The number of aliphatic hydroxyl groups is 1. The SMILES string of the molecule is O=C(CCc1ccccc1F)NC[C@@H](O)c1ccc2c(c1)CCO2. The first kappa shape index (κ1) is 16.5. The number of halogens is 1. The Morgan fingerprint density at radius 3 is 2.96 bits per heavy atom. The van der Waals surface area contributed by atoms with Gasteiger partial charge in [0.15, 0.2) is 0 Å². The molecule has 0 fully saturated rings. The molecule has 0 aliphatic carbocycles. The number of carbonyl (C=O) groups is 1. The maximum Gasteiger partial charge on any atom is 0.220 e. The summed E-state index contributed by atoms with van der Waals surface area (Å²) >= 11 is 0. The maximum absolute atomic E-state index is 13.5. The molecule has 0 saturated heterocycles. The molecule has 0 aromatic heterocycles. The van der Waals surface area contributed by atoms with Crippen LogP contribution in [0.3, 0.4) is 0 Å². The molecule has 2 N–H and O–H groups in total. The van der Waals surface area contributed by atoms with Crippen LogP contribution >= 0.6 is 0 Å². The van der Waals surface area contributed by atoms with E-state index in [0.29, 0.717) is 18.6 Å². The zero-order valence-corrected chi connectivity index (χ0v) is 13.3. The minimum absolute atomic E-state index is 0.135. The standard InChI is InChI=1S/C19H20FNO3/c20-16-4-2-1-3-13(16)6-8-19(23)21-12-17(22)14-5-7-18-15(11-14)9-10-24-18/h1-5,7,11,17,22H,6,8-10,12H2,(H,21,23)/t17-/m1/s1. The summed E-state index contributed by atoms with van der Waals surface area (Å²) in [5.41, 5.74) is 2.36. The summed E-state index contributed by atoms with van der Waals surface area (Å²) < 4.78 is 18.9. The third-order valence-corrected chi connectivity index (χ3v) is 4.17. The number of rotatable bonds is 6. The van der Waals surface area contributed by atoms with Gasteiger partial charge in [-0.25, -0.2) is 4.39 Å². The second-order valence-corrected chi connectivity index (χ2v) is 5.88. The number of carbonyl (C=O) groups excluding carboxylic acids is 1. The smallest absolute Gasteiger partial charge is 0.220 e. The van der Waals surface area contributed by atoms with Crippen LogP contribution in [0.4, 0.5) is 4.39 Å². The Bertz CT molecular complexity index is 732. The van der Waals surface area contributed by atoms with Gasteiger partial charge in [-0.1, -0.05) is 24.3 Å². The van der Waals surface area contributed by atoms with E-state index in [1.54, 1.807) is 24.3 Å². The number of hydrogen-bond donors (Lipinski definition) is 2. The van der Waals surface area contributed by atoms with Gasteiger partial charge in [-0.2, -0.15) is 0 Å². The Morgan fingerprint density at radius 2 is 2.12 bits per heavy atom. The topological polar surface area (TPSA) is 58.6 Å². The van der Waals surface area contributed by atoms with Crippen molar-refractivity contribution < 1.29 is 19.0 Å². The van der Waals surface area contributed by atoms with Gasteiger partial charge in [0.1, 0.15) is 11.6 Å². The molecular weight excluding hydrogens is 309 g/mol. The Morgan fingerprint density at radius 1 is 1.29 bits per heavy atom. The molecule has 0 saturated carbocycles. The minimum Gasteiger partial charge on any atom is -0.493 e. The third kappa shape index (κ3) is 3.92. The van der Waals surface area contributed by atoms with Crippen molar-refractivity contribution in [1.82, 2.24) is 5.32 Å². The lowest BCUT2D eigenvalue weighted by Gasteiger charge is -2.13. The molecule has 0 bridgehead atoms. The van der Waals surface area contributed by atoms with Crippen molar-refractivity contribution in [2.75, 3.05) is 13.2 Å². The van der Waals surface area contributed by atoms with Crippen LogP contribution in [0.15, 0.2) is 42.5 Å². The molecular formula is C19H20FNO3. The molecule has 3 rings (SSSR count). The molecule has 126 valence electrons. The fraction of sp³-hybridized carbons (Fsp3) is 0.316. The van der Waals surface area contributed by atoms with Crippen molar-refractivity contribution in [3.63, 3.8) is 0 Å². The lowest BCUT2D eigenvalue weighted by Crippen LogP contribution is -2.28. The highest BCUT2D eigenvalue weighted by molar-refractivity contribution is 5.76. The number of benzene rings is 2. The number of nitrogens with one attached hydrogen (secondary N) is 1. The van der Waals surface area contributed by atoms with Crippen LogP contribution in [0, 0.1) is 5.82 Å². The number of aliphatic hydroxyl groups excluding tert-OH is 1. The number of fused-ring (bicyclic) bond motifs is 1. The van der Waals surface area contributed by atoms with Crippen LogP contribution in [0.2, 0.25) is 0 Å². The summed E-state index contributed by atoms with van der Waals surface area (Å²) in [4.78, 5) is 11.9. The summed E-state index contributed by atoms with van der Waals surface area (Å²) in [6.45, 7) is 0.803. The van der Waals surface area contributed by atoms with E-state index in [9.17, 15) is 14.3 Å². The molecule has 0 radical (unpaired) electrons. The second-order valence-electron chi connectivity index (χ2n) is 5.88. The van der Waals surface area contributed by atoms with Crippen molar-refractivity contribution in [3.05, 3.63) is 65.0 Å². The quantitative estimate of drug-likeness (QED) is 0.856. The van der Waals surface area contributed by atoms with Crippen LogP contribution < -0.4 is 10.1 Å². The van der Waals surface area contributed by atoms with Gasteiger partial charge in [0.25, 0.3) is 0 Å². The van der Waals surface area contributed by atoms with E-state index < -0.39 is 6.10 Å². The molecule has 4 nitrogen and oxygen atoms in total. The summed E-state index contributed by atoms with van der Waals surface area (Å²) in [6.07, 6.45) is 0.592. The van der Waals surface area contributed by atoms with Crippen molar-refractivity contribution in [1.29, 1.82) is 0 Å². The highest BCUT2D eigenvalue weighted by atomic mass is 19.1. The number of aryl methyl sites for hydroxylation is 1. The van der Waals surface area contributed by atoms with Crippen LogP contribution in [0.1, 0.15) is 29.2 Å². The highest BCUT2D eigenvalue weighted by Gasteiger charge is 2.16. The van der Waals surface area contributed by atoms with E-state index in [0.717, 1.165) is 23.3 Å². The molecule has 0 unspecified atom stereocenters. The van der Waals surface area contributed by atoms with E-state index >= 15 is 0 Å². The molecule has 5 heteroatoms. The molecule has 1 heterocycles. The van der Waals surface area contributed by atoms with E-state index in [4.69, 9.17) is 4.74 Å². The summed E-state index contributed by atoms with van der Waals surface area (Å²) in [5.74, 6) is 0.354. The minimum atomic E-state index is -0.770. The van der Waals surface area contributed by atoms with E-state index in [-0.39, 0.29) is 24.7 Å². The van der Waals surface area contributed by atoms with Crippen LogP contribution in [-0.2, 0) is 17.6 Å². The van der Waals surface area contributed by atoms with Crippen LogP contribution in [-0.4, -0.2) is 24.2 Å². The zero-order chi connectivity index (χ0) is 16.9. The number of ether oxygens (including phenoxy) is 1. The molecule has 1 atom stereocenters. The Hall–Kier alpha value is -2.40. The van der Waals surface area contributed by atoms with Gasteiger partial charge in [0.2, 0.25) is 5.91 Å². The average molecular weight is 329 g/mol. The summed E-state index contributed by atoms with van der Waals surface area (Å²) in [7, 11) is 0. The lowest BCUT2D eigenvalue weighted by atomic mass is 10.0. The van der Waals surface area contributed by atoms with Crippen molar-refractivity contribution >= 4 is 5.91 Å². The van der Waals surface area contributed by atoms with Gasteiger partial charge in [-0.3, -0.25) is 4.79 Å². The number of hydrogen-bond acceptors (Lipinski definition) is 3. The summed E-state index contributed by atoms with van der Waals surface area (Å²) in [6, 6.07) is 12.0. The first-order valence-corrected chi connectivity index (χ1v) is 8.07. The van der Waals surface area contributed by atoms with Gasteiger partial charge in [0.05, 0.1) is 12.7 Å². The first-order chi connectivity index (χ1) is 11.6. The zero-order valence-electron chi connectivity index (χ0n) is 13.3. The van der Waals surface area contributed by atoms with Crippen molar-refractivity contribution in [3.8, 4) is 5.75 Å². The molecule has 1 aliphatic rings. The normalized spacial score (nSPS) is 13.9. The molecule has 2 aromatic carbocycles. The van der Waals surface area contributed by atoms with E-state index in [1.807, 2.05) is 12.1 Å². The number of amides is 1. The first-order valence-electron chi connectivity index (χ1n) is 8.07. The average Bonchev–Trinajstić information content (AvgIpc) is 3.06. The van der Waals surface area contributed by atoms with Gasteiger partial charge in [-0.15, -0.1) is 0 Å². The van der Waals surface area contributed by atoms with E-state index in [1.165, 1.54) is 6.07 Å². The molecule has 0 spiro atoms. The third-order valence-electron chi connectivity index (χ3n) is 4.17. The predicted octanol–water partition coefficient (Wildman–Crippen LogP) is 2.54. The van der Waals surface area contributed by atoms with Gasteiger partial charge >= 0.3 is 0 Å². The highest BCUT2D eigenvalue weighted by Crippen LogP contribution is 2.28. The second kappa shape index (κ2) is 7.45. The Labute approximate surface area is 140 Å². The van der Waals surface area contributed by atoms with Crippen molar-refractivity contribution in [2.24, 2.45) is 0 Å². The largest absolute Gasteiger partial charge is 0.493 e. The summed E-state index contributed by atoms with van der Waals surface area (Å²) in [5, 5.41) is 12.9. The van der Waals surface area contributed by atoms with Gasteiger partial charge in [-0.05, 0) is 41.3 Å². The molecule has 1 amide bonds. The fourth-order valence-electron chi connectivity index (χ4n) is 2.78. The van der Waals surface area contributed by atoms with Crippen molar-refractivity contribution in [2.45, 2.75) is 25.4 Å². The fourth-order valence-corrected chi connectivity index (χ4v) is 2.78. The molecule has 1 aliphatic heterocycles. The lowest BCUT2D eigenvalue weighted by molar-refractivity contribution is -0.121. The molecule has 24 heavy (non-hydrogen) atoms. The maximum atomic E-state index is 13.5. The predicted molar refractivity (Wildman–Crippen MR) is 88.3 cm³/mol. The Kier molecular flexibility index (Phi) is 5.11. The molecule has 2 aromatic rings. The van der Waals surface area contributed by atoms with Gasteiger partial charge in [0, 0.05) is 19.4 Å². The van der Waals surface area contributed by atoms with Crippen LogP contribution in [0.25, 0.3) is 0 Å². The van der Waals surface area contributed by atoms with Crippen LogP contribution in [0.5, 0.6) is 5.75 Å². The van der Waals surface area contributed by atoms with Gasteiger partial charge < -0.3 is 15.2 Å². The van der Waals surface area contributed by atoms with E-state index in [2.05, 4.69) is 5.32 Å².